The third-order valence-corrected chi connectivity index (χ3v) is 4.00. The minimum absolute atomic E-state index is 0.114. The number of nitrogens with one attached hydrogen (secondary N) is 1. The van der Waals surface area contributed by atoms with Gasteiger partial charge in [-0.3, -0.25) is 18.7 Å². The van der Waals surface area contributed by atoms with Crippen LogP contribution in [0.1, 0.15) is 27.6 Å². The molecule has 0 bridgehead atoms. The number of fused-ring (bicyclic) bond motifs is 1. The summed E-state index contributed by atoms with van der Waals surface area (Å²) >= 11 is 0. The number of furan rings is 1. The molecule has 0 unspecified atom stereocenters. The van der Waals surface area contributed by atoms with Crippen molar-refractivity contribution in [1.29, 1.82) is 0 Å². The molecule has 8 heteroatoms. The van der Waals surface area contributed by atoms with Crippen molar-refractivity contribution in [3.8, 4) is 0 Å². The van der Waals surface area contributed by atoms with Crippen LogP contribution in [-0.4, -0.2) is 20.0 Å². The van der Waals surface area contributed by atoms with E-state index in [1.165, 1.54) is 24.7 Å². The van der Waals surface area contributed by atoms with Crippen molar-refractivity contribution in [1.82, 2.24) is 19.4 Å². The summed E-state index contributed by atoms with van der Waals surface area (Å²) in [5.41, 5.74) is -0.138. The minimum Gasteiger partial charge on any atom is -0.465 e. The van der Waals surface area contributed by atoms with Crippen LogP contribution in [0.5, 0.6) is 0 Å². The lowest BCUT2D eigenvalue weighted by Crippen LogP contribution is -2.38. The maximum absolute atomic E-state index is 12.6. The van der Waals surface area contributed by atoms with E-state index in [0.29, 0.717) is 11.5 Å². The fraction of sp³-hybridized carbons (Fsp3) is 0.294. The summed E-state index contributed by atoms with van der Waals surface area (Å²) in [6.07, 6.45) is 0. The number of nitrogens with zero attached hydrogens (tertiary/aromatic N) is 3. The lowest BCUT2D eigenvalue weighted by molar-refractivity contribution is 0.0949. The van der Waals surface area contributed by atoms with Gasteiger partial charge in [0.2, 0.25) is 0 Å². The monoisotopic (exact) mass is 342 g/mol. The van der Waals surface area contributed by atoms with Crippen LogP contribution >= 0.6 is 0 Å². The Morgan fingerprint density at radius 3 is 2.56 bits per heavy atom. The molecule has 3 rings (SSSR count). The number of carbonyl (C=O) groups excluding carboxylic acids is 1. The fourth-order valence-corrected chi connectivity index (χ4v) is 2.70. The van der Waals surface area contributed by atoms with Crippen LogP contribution in [0.3, 0.4) is 0 Å². The normalized spacial score (nSPS) is 11.0. The third kappa shape index (κ3) is 2.86. The summed E-state index contributed by atoms with van der Waals surface area (Å²) in [5.74, 6) is 0.930. The highest BCUT2D eigenvalue weighted by molar-refractivity contribution is 6.05. The molecule has 8 nitrogen and oxygen atoms in total. The molecule has 0 spiro atoms. The van der Waals surface area contributed by atoms with Gasteiger partial charge >= 0.3 is 5.69 Å². The Bertz CT molecular complexity index is 1100. The van der Waals surface area contributed by atoms with Gasteiger partial charge in [0, 0.05) is 19.8 Å². The molecule has 1 amide bonds. The van der Waals surface area contributed by atoms with Gasteiger partial charge < -0.3 is 9.73 Å². The summed E-state index contributed by atoms with van der Waals surface area (Å²) in [6.45, 7) is 3.71. The van der Waals surface area contributed by atoms with Crippen molar-refractivity contribution in [2.75, 3.05) is 0 Å². The minimum atomic E-state index is -0.551. The average Bonchev–Trinajstić information content (AvgIpc) is 3.00. The molecule has 0 saturated heterocycles. The maximum atomic E-state index is 12.6. The average molecular weight is 342 g/mol. The number of pyridine rings is 1. The van der Waals surface area contributed by atoms with Gasteiger partial charge in [0.25, 0.3) is 11.5 Å². The van der Waals surface area contributed by atoms with Crippen LogP contribution in [0, 0.1) is 13.8 Å². The van der Waals surface area contributed by atoms with Crippen LogP contribution in [0.2, 0.25) is 0 Å². The Kier molecular flexibility index (Phi) is 4.03. The smallest absolute Gasteiger partial charge is 0.332 e. The van der Waals surface area contributed by atoms with Crippen molar-refractivity contribution < 1.29 is 9.21 Å². The van der Waals surface area contributed by atoms with Gasteiger partial charge in [-0.25, -0.2) is 9.78 Å². The van der Waals surface area contributed by atoms with Gasteiger partial charge in [-0.15, -0.1) is 0 Å². The first-order valence-corrected chi connectivity index (χ1v) is 7.70. The van der Waals surface area contributed by atoms with E-state index in [4.69, 9.17) is 4.42 Å². The number of aromatic nitrogens is 3. The largest absolute Gasteiger partial charge is 0.465 e. The number of amides is 1. The molecule has 1 N–H and O–H groups in total. The van der Waals surface area contributed by atoms with Gasteiger partial charge in [-0.2, -0.15) is 0 Å². The summed E-state index contributed by atoms with van der Waals surface area (Å²) in [7, 11) is 2.89. The van der Waals surface area contributed by atoms with Crippen molar-refractivity contribution in [2.24, 2.45) is 14.1 Å². The van der Waals surface area contributed by atoms with Crippen LogP contribution < -0.4 is 16.6 Å². The molecule has 3 heterocycles. The quantitative estimate of drug-likeness (QED) is 0.758. The molecule has 0 atom stereocenters. The Labute approximate surface area is 142 Å². The van der Waals surface area contributed by atoms with Gasteiger partial charge in [-0.1, -0.05) is 0 Å². The Morgan fingerprint density at radius 1 is 1.20 bits per heavy atom. The summed E-state index contributed by atoms with van der Waals surface area (Å²) < 4.78 is 7.64. The molecule has 0 aliphatic heterocycles. The second kappa shape index (κ2) is 6.04. The van der Waals surface area contributed by atoms with Crippen LogP contribution in [0.4, 0.5) is 0 Å². The first-order valence-electron chi connectivity index (χ1n) is 7.70. The van der Waals surface area contributed by atoms with Crippen molar-refractivity contribution >= 4 is 16.9 Å². The molecule has 0 radical (unpaired) electrons. The second-order valence-electron chi connectivity index (χ2n) is 5.91. The highest BCUT2D eigenvalue weighted by atomic mass is 16.3. The van der Waals surface area contributed by atoms with Gasteiger partial charge in [0.15, 0.2) is 0 Å². The molecule has 0 aromatic carbocycles. The van der Waals surface area contributed by atoms with Crippen LogP contribution in [0.25, 0.3) is 11.0 Å². The first kappa shape index (κ1) is 16.7. The van der Waals surface area contributed by atoms with E-state index >= 15 is 0 Å². The summed E-state index contributed by atoms with van der Waals surface area (Å²) in [4.78, 5) is 41.5. The maximum Gasteiger partial charge on any atom is 0.332 e. The zero-order chi connectivity index (χ0) is 18.3. The lowest BCUT2D eigenvalue weighted by Gasteiger charge is -2.11. The van der Waals surface area contributed by atoms with Crippen molar-refractivity contribution in [3.05, 3.63) is 61.8 Å². The molecule has 0 aliphatic carbocycles. The predicted molar refractivity (Wildman–Crippen MR) is 91.6 cm³/mol. The van der Waals surface area contributed by atoms with E-state index in [1.54, 1.807) is 19.1 Å². The second-order valence-corrected chi connectivity index (χ2v) is 5.91. The Morgan fingerprint density at radius 2 is 1.92 bits per heavy atom. The molecule has 25 heavy (non-hydrogen) atoms. The molecule has 130 valence electrons. The molecular formula is C17H18N4O4. The summed E-state index contributed by atoms with van der Waals surface area (Å²) in [5, 5.41) is 2.85. The van der Waals surface area contributed by atoms with E-state index in [0.717, 1.165) is 10.3 Å². The van der Waals surface area contributed by atoms with Gasteiger partial charge in [0.1, 0.15) is 17.2 Å². The van der Waals surface area contributed by atoms with E-state index in [-0.39, 0.29) is 23.1 Å². The van der Waals surface area contributed by atoms with E-state index in [1.807, 2.05) is 6.92 Å². The highest BCUT2D eigenvalue weighted by Gasteiger charge is 2.19. The lowest BCUT2D eigenvalue weighted by atomic mass is 10.1. The van der Waals surface area contributed by atoms with Gasteiger partial charge in [0.05, 0.1) is 17.5 Å². The fourth-order valence-electron chi connectivity index (χ4n) is 2.70. The number of hydrogen-bond acceptors (Lipinski definition) is 5. The van der Waals surface area contributed by atoms with E-state index in [9.17, 15) is 14.4 Å². The number of carbonyl (C=O) groups is 1. The number of rotatable bonds is 3. The molecule has 0 fully saturated rings. The van der Waals surface area contributed by atoms with Crippen LogP contribution in [-0.2, 0) is 20.6 Å². The molecule has 3 aromatic rings. The van der Waals surface area contributed by atoms with Crippen molar-refractivity contribution in [2.45, 2.75) is 20.4 Å². The Balaban J connectivity index is 2.10. The molecule has 0 aliphatic rings. The first-order chi connectivity index (χ1) is 11.8. The van der Waals surface area contributed by atoms with Crippen molar-refractivity contribution in [3.63, 3.8) is 0 Å². The van der Waals surface area contributed by atoms with Crippen LogP contribution in [0.15, 0.2) is 32.2 Å². The molecular weight excluding hydrogens is 324 g/mol. The predicted octanol–water partition coefficient (Wildman–Crippen LogP) is 0.772. The molecule has 3 aromatic heterocycles. The van der Waals surface area contributed by atoms with E-state index in [2.05, 4.69) is 10.3 Å². The zero-order valence-electron chi connectivity index (χ0n) is 14.4. The van der Waals surface area contributed by atoms with E-state index < -0.39 is 17.2 Å². The molecule has 0 saturated carbocycles. The number of hydrogen-bond donors (Lipinski definition) is 1. The van der Waals surface area contributed by atoms with Gasteiger partial charge in [-0.05, 0) is 32.0 Å². The SMILES string of the molecule is Cc1cc(C(=O)NCc2ccc(C)o2)c2c(=O)n(C)c(=O)n(C)c2n1. The summed E-state index contributed by atoms with van der Waals surface area (Å²) in [6, 6.07) is 5.12. The zero-order valence-corrected chi connectivity index (χ0v) is 14.4. The highest BCUT2D eigenvalue weighted by Crippen LogP contribution is 2.14. The Hall–Kier alpha value is -3.16. The topological polar surface area (TPSA) is 99.1 Å². The number of aryl methyl sites for hydroxylation is 3. The third-order valence-electron chi connectivity index (χ3n) is 4.00. The standard InChI is InChI=1S/C17H18N4O4/c1-9-7-12(15(22)18-8-11-6-5-10(2)25-11)13-14(19-9)20(3)17(24)21(4)16(13)23/h5-7H,8H2,1-4H3,(H,18,22).